The molecule has 37 heavy (non-hydrogen) atoms. The molecular weight excluding hydrogens is 490 g/mol. The predicted molar refractivity (Wildman–Crippen MR) is 130 cm³/mol. The van der Waals surface area contributed by atoms with Crippen LogP contribution in [0, 0.1) is 17.0 Å². The summed E-state index contributed by atoms with van der Waals surface area (Å²) in [4.78, 5) is 48.4. The van der Waals surface area contributed by atoms with E-state index in [9.17, 15) is 24.5 Å². The Kier molecular flexibility index (Phi) is 8.30. The second-order valence-corrected chi connectivity index (χ2v) is 7.40. The Morgan fingerprint density at radius 2 is 1.59 bits per heavy atom. The van der Waals surface area contributed by atoms with Gasteiger partial charge >= 0.3 is 11.7 Å². The molecule has 0 spiro atoms. The summed E-state index contributed by atoms with van der Waals surface area (Å²) in [6.45, 7) is 0.864. The van der Waals surface area contributed by atoms with Crippen molar-refractivity contribution in [3.63, 3.8) is 0 Å². The standard InChI is InChI=1S/C24H23N3O10/c1-13-8-17(27(31)32)19(33-2)10-15(13)25-22(28)12-37-24(30)14-9-20(34-3)21(35-4)11-16(14)26-23(29)18-6-5-7-36-18/h5-11H,12H2,1-4H3,(H,25,28)(H,26,29). The number of methoxy groups -OCH3 is 3. The topological polar surface area (TPSA) is 168 Å². The number of aryl methyl sites for hydroxylation is 1. The monoisotopic (exact) mass is 513 g/mol. The molecule has 0 aliphatic heterocycles. The van der Waals surface area contributed by atoms with Crippen molar-refractivity contribution in [3.8, 4) is 17.2 Å². The molecule has 13 nitrogen and oxygen atoms in total. The normalized spacial score (nSPS) is 10.3. The molecule has 0 radical (unpaired) electrons. The van der Waals surface area contributed by atoms with Crippen molar-refractivity contribution in [3.05, 3.63) is 69.7 Å². The Labute approximate surface area is 210 Å². The molecule has 0 aliphatic rings. The summed E-state index contributed by atoms with van der Waals surface area (Å²) in [5.74, 6) is -1.92. The van der Waals surface area contributed by atoms with E-state index in [1.54, 1.807) is 6.92 Å². The fourth-order valence-electron chi connectivity index (χ4n) is 3.25. The highest BCUT2D eigenvalue weighted by molar-refractivity contribution is 6.07. The van der Waals surface area contributed by atoms with Gasteiger partial charge in [0.05, 0.1) is 43.8 Å². The van der Waals surface area contributed by atoms with E-state index in [1.165, 1.54) is 64.0 Å². The zero-order chi connectivity index (χ0) is 27.1. The number of carbonyl (C=O) groups is 3. The van der Waals surface area contributed by atoms with Gasteiger partial charge in [-0.25, -0.2) is 4.79 Å². The number of amides is 2. The average Bonchev–Trinajstić information content (AvgIpc) is 3.43. The number of carbonyl (C=O) groups excluding carboxylic acids is 3. The summed E-state index contributed by atoms with van der Waals surface area (Å²) in [7, 11) is 4.01. The van der Waals surface area contributed by atoms with Gasteiger partial charge in [-0.1, -0.05) is 0 Å². The van der Waals surface area contributed by atoms with E-state index in [0.717, 1.165) is 0 Å². The molecule has 2 aromatic carbocycles. The number of nitrogens with one attached hydrogen (secondary N) is 2. The maximum absolute atomic E-state index is 12.9. The Balaban J connectivity index is 1.78. The maximum Gasteiger partial charge on any atom is 0.340 e. The third kappa shape index (κ3) is 6.14. The lowest BCUT2D eigenvalue weighted by molar-refractivity contribution is -0.385. The molecule has 3 aromatic rings. The number of anilines is 2. The molecular formula is C24H23N3O10. The summed E-state index contributed by atoms with van der Waals surface area (Å²) in [5, 5.41) is 16.2. The second kappa shape index (κ2) is 11.6. The highest BCUT2D eigenvalue weighted by Gasteiger charge is 2.23. The predicted octanol–water partition coefficient (Wildman–Crippen LogP) is 3.57. The summed E-state index contributed by atoms with van der Waals surface area (Å²) in [6, 6.07) is 8.17. The van der Waals surface area contributed by atoms with Crippen molar-refractivity contribution < 1.29 is 42.7 Å². The first-order chi connectivity index (χ1) is 17.7. The zero-order valence-corrected chi connectivity index (χ0v) is 20.3. The minimum Gasteiger partial charge on any atom is -0.493 e. The van der Waals surface area contributed by atoms with E-state index >= 15 is 0 Å². The molecule has 1 aromatic heterocycles. The van der Waals surface area contributed by atoms with Crippen molar-refractivity contribution in [2.45, 2.75) is 6.92 Å². The first-order valence-corrected chi connectivity index (χ1v) is 10.6. The Hall–Kier alpha value is -5.07. The van der Waals surface area contributed by atoms with Crippen LogP contribution in [0.15, 0.2) is 47.1 Å². The van der Waals surface area contributed by atoms with Gasteiger partial charge in [-0.15, -0.1) is 0 Å². The van der Waals surface area contributed by atoms with Crippen molar-refractivity contribution >= 4 is 34.8 Å². The van der Waals surface area contributed by atoms with Crippen molar-refractivity contribution in [1.29, 1.82) is 0 Å². The molecule has 0 aliphatic carbocycles. The highest BCUT2D eigenvalue weighted by atomic mass is 16.6. The first kappa shape index (κ1) is 26.5. The van der Waals surface area contributed by atoms with Gasteiger partial charge in [-0.05, 0) is 24.6 Å². The number of ether oxygens (including phenoxy) is 4. The van der Waals surface area contributed by atoms with Gasteiger partial charge < -0.3 is 34.0 Å². The van der Waals surface area contributed by atoms with E-state index in [4.69, 9.17) is 23.4 Å². The lowest BCUT2D eigenvalue weighted by Gasteiger charge is -2.15. The van der Waals surface area contributed by atoms with Crippen LogP contribution >= 0.6 is 0 Å². The Morgan fingerprint density at radius 1 is 0.946 bits per heavy atom. The number of furan rings is 1. The van der Waals surface area contributed by atoms with Crippen LogP contribution < -0.4 is 24.8 Å². The number of nitro groups is 1. The van der Waals surface area contributed by atoms with Gasteiger partial charge in [0, 0.05) is 30.0 Å². The smallest absolute Gasteiger partial charge is 0.340 e. The molecule has 0 atom stereocenters. The van der Waals surface area contributed by atoms with Crippen molar-refractivity contribution in [2.24, 2.45) is 0 Å². The van der Waals surface area contributed by atoms with Crippen LogP contribution in [0.1, 0.15) is 26.5 Å². The van der Waals surface area contributed by atoms with Crippen LogP contribution in [0.2, 0.25) is 0 Å². The summed E-state index contributed by atoms with van der Waals surface area (Å²) >= 11 is 0. The number of hydrogen-bond acceptors (Lipinski definition) is 10. The van der Waals surface area contributed by atoms with Crippen LogP contribution in [0.25, 0.3) is 0 Å². The Bertz CT molecular complexity index is 1340. The van der Waals surface area contributed by atoms with Crippen molar-refractivity contribution in [2.75, 3.05) is 38.6 Å². The van der Waals surface area contributed by atoms with Crippen LogP contribution in [0.5, 0.6) is 17.2 Å². The molecule has 0 fully saturated rings. The van der Waals surface area contributed by atoms with Gasteiger partial charge in [-0.3, -0.25) is 19.7 Å². The van der Waals surface area contributed by atoms with E-state index in [-0.39, 0.29) is 45.6 Å². The molecule has 194 valence electrons. The number of esters is 1. The lowest BCUT2D eigenvalue weighted by atomic mass is 10.1. The Morgan fingerprint density at radius 3 is 2.19 bits per heavy atom. The molecule has 1 heterocycles. The number of hydrogen-bond donors (Lipinski definition) is 2. The minimum absolute atomic E-state index is 0.00220. The summed E-state index contributed by atoms with van der Waals surface area (Å²) in [5.41, 5.74) is 0.289. The number of rotatable bonds is 10. The van der Waals surface area contributed by atoms with E-state index in [0.29, 0.717) is 5.56 Å². The fourth-order valence-corrected chi connectivity index (χ4v) is 3.25. The van der Waals surface area contributed by atoms with E-state index < -0.39 is 29.3 Å². The van der Waals surface area contributed by atoms with Crippen LogP contribution in [-0.4, -0.2) is 50.6 Å². The minimum atomic E-state index is -0.941. The van der Waals surface area contributed by atoms with Crippen LogP contribution in [-0.2, 0) is 9.53 Å². The molecule has 2 N–H and O–H groups in total. The van der Waals surface area contributed by atoms with E-state index in [1.807, 2.05) is 0 Å². The number of nitrogens with zero attached hydrogens (tertiary/aromatic N) is 1. The molecule has 0 unspecified atom stereocenters. The molecule has 0 bridgehead atoms. The van der Waals surface area contributed by atoms with Crippen LogP contribution in [0.4, 0.5) is 17.1 Å². The van der Waals surface area contributed by atoms with Crippen LogP contribution in [0.3, 0.4) is 0 Å². The van der Waals surface area contributed by atoms with Crippen molar-refractivity contribution in [1.82, 2.24) is 0 Å². The molecule has 0 saturated carbocycles. The highest BCUT2D eigenvalue weighted by Crippen LogP contribution is 2.35. The zero-order valence-electron chi connectivity index (χ0n) is 20.3. The molecule has 2 amide bonds. The van der Waals surface area contributed by atoms with Gasteiger partial charge in [0.1, 0.15) is 0 Å². The summed E-state index contributed by atoms with van der Waals surface area (Å²) < 4.78 is 25.7. The van der Waals surface area contributed by atoms with E-state index in [2.05, 4.69) is 10.6 Å². The third-order valence-electron chi connectivity index (χ3n) is 5.07. The quantitative estimate of drug-likeness (QED) is 0.232. The summed E-state index contributed by atoms with van der Waals surface area (Å²) in [6.07, 6.45) is 1.32. The molecule has 3 rings (SSSR count). The lowest BCUT2D eigenvalue weighted by Crippen LogP contribution is -2.22. The van der Waals surface area contributed by atoms with Gasteiger partial charge in [0.15, 0.2) is 29.6 Å². The van der Waals surface area contributed by atoms with Gasteiger partial charge in [-0.2, -0.15) is 0 Å². The number of nitro benzene ring substituents is 1. The van der Waals surface area contributed by atoms with Gasteiger partial charge in [0.2, 0.25) is 0 Å². The van der Waals surface area contributed by atoms with Gasteiger partial charge in [0.25, 0.3) is 11.8 Å². The first-order valence-electron chi connectivity index (χ1n) is 10.6. The number of benzene rings is 2. The second-order valence-electron chi connectivity index (χ2n) is 7.40. The average molecular weight is 513 g/mol. The molecule has 13 heteroatoms. The third-order valence-corrected chi connectivity index (χ3v) is 5.07. The maximum atomic E-state index is 12.9. The molecule has 0 saturated heterocycles. The fraction of sp³-hybridized carbons (Fsp3) is 0.208. The SMILES string of the molecule is COc1cc(NC(=O)c2ccco2)c(C(=O)OCC(=O)Nc2cc(OC)c([N+](=O)[O-])cc2C)cc1OC. The largest absolute Gasteiger partial charge is 0.493 e.